The number of aryl methyl sites for hydroxylation is 1. The van der Waals surface area contributed by atoms with Gasteiger partial charge in [0.15, 0.2) is 0 Å². The van der Waals surface area contributed by atoms with Crippen molar-refractivity contribution >= 4 is 5.78 Å². The number of hydrogen-bond acceptors (Lipinski definition) is 5. The molecule has 150 valence electrons. The van der Waals surface area contributed by atoms with Crippen LogP contribution >= 0.6 is 0 Å². The van der Waals surface area contributed by atoms with E-state index in [4.69, 9.17) is 9.47 Å². The third-order valence-corrected chi connectivity index (χ3v) is 2.68. The zero-order chi connectivity index (χ0) is 19.9. The average Bonchev–Trinajstić information content (AvgIpc) is 3.15. The van der Waals surface area contributed by atoms with Crippen molar-refractivity contribution in [1.29, 1.82) is 0 Å². The number of aromatic nitrogens is 3. The second-order valence-corrected chi connectivity index (χ2v) is 4.17. The summed E-state index contributed by atoms with van der Waals surface area (Å²) in [6.45, 7) is 19.0. The van der Waals surface area contributed by atoms with Gasteiger partial charge in [-0.3, -0.25) is 4.79 Å². The van der Waals surface area contributed by atoms with Gasteiger partial charge in [-0.2, -0.15) is 0 Å². The molecule has 0 saturated heterocycles. The Kier molecular flexibility index (Phi) is 28.5. The zero-order valence-electron chi connectivity index (χ0n) is 17.8. The van der Waals surface area contributed by atoms with Crippen LogP contribution in [-0.4, -0.2) is 47.2 Å². The van der Waals surface area contributed by atoms with Crippen LogP contribution in [0.2, 0.25) is 0 Å². The number of hydrogen-bond donors (Lipinski definition) is 0. The number of ether oxygens (including phenoxy) is 2. The quantitative estimate of drug-likeness (QED) is 0.550. The van der Waals surface area contributed by atoms with Crippen LogP contribution in [0.3, 0.4) is 0 Å². The number of ketones is 1. The predicted molar refractivity (Wildman–Crippen MR) is 105 cm³/mol. The lowest BCUT2D eigenvalue weighted by atomic mass is 10.1. The van der Waals surface area contributed by atoms with E-state index in [1.807, 2.05) is 61.6 Å². The third-order valence-electron chi connectivity index (χ3n) is 2.68. The van der Waals surface area contributed by atoms with Gasteiger partial charge in [0, 0.05) is 25.6 Å². The first kappa shape index (κ1) is 28.5. The molecule has 0 aromatic carbocycles. The molecule has 0 radical (unpaired) electrons. The van der Waals surface area contributed by atoms with Crippen LogP contribution in [0, 0.1) is 0 Å². The molecule has 0 amide bonds. The number of nitrogens with zero attached hydrogens (tertiary/aromatic N) is 3. The molecule has 0 aliphatic heterocycles. The molecule has 0 aliphatic carbocycles. The van der Waals surface area contributed by atoms with Gasteiger partial charge in [0.25, 0.3) is 0 Å². The van der Waals surface area contributed by atoms with Crippen LogP contribution in [0.1, 0.15) is 73.9 Å². The van der Waals surface area contributed by atoms with Crippen molar-refractivity contribution in [2.75, 3.05) is 26.4 Å². The standard InChI is InChI=1S/C13H23N3O3.3C2H6/c1-3-13(17)6-5-12-11-16(15-14-12)7-8-19-10-9-18-4-2;3*1-2/h11H,3-10H2,1-2H3;3*1-2H3. The van der Waals surface area contributed by atoms with E-state index in [9.17, 15) is 4.79 Å². The first-order valence-corrected chi connectivity index (χ1v) is 9.82. The van der Waals surface area contributed by atoms with Crippen molar-refractivity contribution in [2.45, 2.75) is 81.2 Å². The topological polar surface area (TPSA) is 66.2 Å². The van der Waals surface area contributed by atoms with Gasteiger partial charge in [-0.1, -0.05) is 53.7 Å². The van der Waals surface area contributed by atoms with E-state index < -0.39 is 0 Å². The van der Waals surface area contributed by atoms with Gasteiger partial charge in [0.1, 0.15) is 5.78 Å². The normalized spacial score (nSPS) is 8.96. The minimum absolute atomic E-state index is 0.258. The fraction of sp³-hybridized carbons (Fsp3) is 0.842. The third kappa shape index (κ3) is 18.9. The molecule has 0 bridgehead atoms. The summed E-state index contributed by atoms with van der Waals surface area (Å²) in [4.78, 5) is 11.2. The van der Waals surface area contributed by atoms with Crippen molar-refractivity contribution in [1.82, 2.24) is 15.0 Å². The molecule has 6 heteroatoms. The van der Waals surface area contributed by atoms with E-state index in [1.165, 1.54) is 0 Å². The smallest absolute Gasteiger partial charge is 0.133 e. The molecule has 0 unspecified atom stereocenters. The van der Waals surface area contributed by atoms with Crippen LogP contribution < -0.4 is 0 Å². The second kappa shape index (κ2) is 25.0. The molecule has 6 nitrogen and oxygen atoms in total. The Morgan fingerprint density at radius 1 is 1.00 bits per heavy atom. The van der Waals surface area contributed by atoms with E-state index in [0.29, 0.717) is 52.2 Å². The molecule has 1 rings (SSSR count). The van der Waals surface area contributed by atoms with Gasteiger partial charge in [-0.25, -0.2) is 4.68 Å². The lowest BCUT2D eigenvalue weighted by Crippen LogP contribution is -2.10. The predicted octanol–water partition coefficient (Wildman–Crippen LogP) is 4.32. The maximum Gasteiger partial charge on any atom is 0.133 e. The molecule has 0 N–H and O–H groups in total. The van der Waals surface area contributed by atoms with Crippen LogP contribution in [0.15, 0.2) is 6.20 Å². The summed E-state index contributed by atoms with van der Waals surface area (Å²) < 4.78 is 12.3. The second-order valence-electron chi connectivity index (χ2n) is 4.17. The fourth-order valence-corrected chi connectivity index (χ4v) is 1.53. The Hall–Kier alpha value is -1.27. The van der Waals surface area contributed by atoms with Crippen molar-refractivity contribution in [3.63, 3.8) is 0 Å². The Morgan fingerprint density at radius 2 is 1.60 bits per heavy atom. The molecule has 0 spiro atoms. The first-order chi connectivity index (χ1) is 12.3. The van der Waals surface area contributed by atoms with E-state index in [1.54, 1.807) is 4.68 Å². The molecule has 0 saturated carbocycles. The summed E-state index contributed by atoms with van der Waals surface area (Å²) in [6.07, 6.45) is 3.66. The largest absolute Gasteiger partial charge is 0.379 e. The first-order valence-electron chi connectivity index (χ1n) is 9.82. The highest BCUT2D eigenvalue weighted by molar-refractivity contribution is 5.78. The van der Waals surface area contributed by atoms with E-state index in [0.717, 1.165) is 5.69 Å². The average molecular weight is 360 g/mol. The number of rotatable bonds is 11. The van der Waals surface area contributed by atoms with Crippen LogP contribution in [0.5, 0.6) is 0 Å². The molecule has 0 fully saturated rings. The molecule has 25 heavy (non-hydrogen) atoms. The molecule has 1 aromatic rings. The molecule has 1 heterocycles. The van der Waals surface area contributed by atoms with Crippen molar-refractivity contribution in [2.24, 2.45) is 0 Å². The summed E-state index contributed by atoms with van der Waals surface area (Å²) in [5.74, 6) is 0.258. The molecule has 0 atom stereocenters. The number of Topliss-reactive ketones (excluding diaryl/α,β-unsaturated/α-hetero) is 1. The minimum Gasteiger partial charge on any atom is -0.379 e. The Bertz CT molecular complexity index is 369. The summed E-state index contributed by atoms with van der Waals surface area (Å²) >= 11 is 0. The number of carbonyl (C=O) groups excluding carboxylic acids is 1. The van der Waals surface area contributed by atoms with Crippen molar-refractivity contribution in [3.8, 4) is 0 Å². The van der Waals surface area contributed by atoms with E-state index in [2.05, 4.69) is 10.3 Å². The van der Waals surface area contributed by atoms with Crippen LogP contribution in [0.4, 0.5) is 0 Å². The van der Waals surface area contributed by atoms with Gasteiger partial charge in [-0.05, 0) is 13.3 Å². The summed E-state index contributed by atoms with van der Waals surface area (Å²) in [5.41, 5.74) is 0.858. The fourth-order valence-electron chi connectivity index (χ4n) is 1.53. The summed E-state index contributed by atoms with van der Waals surface area (Å²) in [7, 11) is 0. The van der Waals surface area contributed by atoms with Crippen LogP contribution in [0.25, 0.3) is 0 Å². The number of carbonyl (C=O) groups is 1. The van der Waals surface area contributed by atoms with E-state index >= 15 is 0 Å². The van der Waals surface area contributed by atoms with E-state index in [-0.39, 0.29) is 5.78 Å². The SMILES string of the molecule is CC.CC.CC.CCOCCOCCn1cc(CCC(=O)CC)nn1. The summed E-state index contributed by atoms with van der Waals surface area (Å²) in [5, 5.41) is 8.03. The Labute approximate surface area is 155 Å². The van der Waals surface area contributed by atoms with Gasteiger partial charge in [0.05, 0.1) is 32.1 Å². The van der Waals surface area contributed by atoms with Gasteiger partial charge < -0.3 is 9.47 Å². The highest BCUT2D eigenvalue weighted by atomic mass is 16.5. The monoisotopic (exact) mass is 359 g/mol. The van der Waals surface area contributed by atoms with Crippen LogP contribution in [-0.2, 0) is 27.2 Å². The lowest BCUT2D eigenvalue weighted by Gasteiger charge is -2.03. The minimum atomic E-state index is 0.258. The van der Waals surface area contributed by atoms with Crippen molar-refractivity contribution in [3.05, 3.63) is 11.9 Å². The maximum atomic E-state index is 11.2. The van der Waals surface area contributed by atoms with Crippen molar-refractivity contribution < 1.29 is 14.3 Å². The Morgan fingerprint density at radius 3 is 2.16 bits per heavy atom. The maximum absolute atomic E-state index is 11.2. The van der Waals surface area contributed by atoms with Gasteiger partial charge >= 0.3 is 0 Å². The molecule has 1 aromatic heterocycles. The molecular formula is C19H41N3O3. The molecular weight excluding hydrogens is 318 g/mol. The van der Waals surface area contributed by atoms with Gasteiger partial charge in [0.2, 0.25) is 0 Å². The highest BCUT2D eigenvalue weighted by Crippen LogP contribution is 2.00. The molecule has 0 aliphatic rings. The summed E-state index contributed by atoms with van der Waals surface area (Å²) in [6, 6.07) is 0. The zero-order valence-corrected chi connectivity index (χ0v) is 17.8. The Balaban J connectivity index is -0.000000725. The van der Waals surface area contributed by atoms with Gasteiger partial charge in [-0.15, -0.1) is 5.10 Å². The lowest BCUT2D eigenvalue weighted by molar-refractivity contribution is -0.118. The highest BCUT2D eigenvalue weighted by Gasteiger charge is 2.04.